The number of hydrogen-bond donors (Lipinski definition) is 2. The number of amides is 1. The Labute approximate surface area is 137 Å². The van der Waals surface area contributed by atoms with E-state index in [-0.39, 0.29) is 16.9 Å². The van der Waals surface area contributed by atoms with E-state index in [0.717, 1.165) is 10.0 Å². The fourth-order valence-electron chi connectivity index (χ4n) is 1.95. The van der Waals surface area contributed by atoms with E-state index < -0.39 is 0 Å². The fourth-order valence-corrected chi connectivity index (χ4v) is 2.50. The summed E-state index contributed by atoms with van der Waals surface area (Å²) in [7, 11) is 0. The van der Waals surface area contributed by atoms with Crippen molar-refractivity contribution in [2.24, 2.45) is 5.73 Å². The predicted molar refractivity (Wildman–Crippen MR) is 92.4 cm³/mol. The maximum atomic E-state index is 12.3. The molecular weight excluding hydrogens is 348 g/mol. The van der Waals surface area contributed by atoms with Crippen molar-refractivity contribution in [2.45, 2.75) is 13.0 Å². The molecule has 108 valence electrons. The van der Waals surface area contributed by atoms with Crippen LogP contribution >= 0.6 is 28.1 Å². The zero-order chi connectivity index (χ0) is 15.4. The van der Waals surface area contributed by atoms with Crippen LogP contribution in [0.15, 0.2) is 53.0 Å². The summed E-state index contributed by atoms with van der Waals surface area (Å²) < 4.78 is 0.983. The summed E-state index contributed by atoms with van der Waals surface area (Å²) in [6.45, 7) is 1.94. The van der Waals surface area contributed by atoms with E-state index in [1.165, 1.54) is 0 Å². The topological polar surface area (TPSA) is 55.1 Å². The second-order valence-corrected chi connectivity index (χ2v) is 6.05. The number of benzene rings is 2. The molecule has 1 amide bonds. The maximum absolute atomic E-state index is 12.3. The third-order valence-electron chi connectivity index (χ3n) is 3.11. The van der Waals surface area contributed by atoms with Gasteiger partial charge in [0.25, 0.3) is 5.91 Å². The lowest BCUT2D eigenvalue weighted by Gasteiger charge is -2.15. The molecule has 1 unspecified atom stereocenters. The molecule has 0 heterocycles. The van der Waals surface area contributed by atoms with Crippen molar-refractivity contribution in [3.05, 3.63) is 69.7 Å². The van der Waals surface area contributed by atoms with Crippen LogP contribution in [0.4, 0.5) is 0 Å². The third-order valence-corrected chi connectivity index (χ3v) is 3.83. The van der Waals surface area contributed by atoms with Gasteiger partial charge in [-0.05, 0) is 36.8 Å². The summed E-state index contributed by atoms with van der Waals surface area (Å²) >= 11 is 8.35. The van der Waals surface area contributed by atoms with Crippen LogP contribution in [0.3, 0.4) is 0 Å². The minimum atomic E-state index is -0.152. The van der Waals surface area contributed by atoms with Crippen LogP contribution in [0.2, 0.25) is 0 Å². The Bertz CT molecular complexity index is 687. The van der Waals surface area contributed by atoms with Crippen LogP contribution in [0.5, 0.6) is 0 Å². The van der Waals surface area contributed by atoms with Crippen LogP contribution < -0.4 is 11.1 Å². The first-order valence-corrected chi connectivity index (χ1v) is 7.63. The molecule has 21 heavy (non-hydrogen) atoms. The molecule has 0 aliphatic rings. The number of rotatable bonds is 4. The standard InChI is InChI=1S/C16H15BrN2OS/c1-10(11-4-3-7-14(17)9-11)19-16(20)13-6-2-5-12(8-13)15(18)21/h2-10H,1H3,(H2,18,21)(H,19,20). The van der Waals surface area contributed by atoms with Gasteiger partial charge in [-0.3, -0.25) is 4.79 Å². The lowest BCUT2D eigenvalue weighted by atomic mass is 10.1. The molecule has 2 aromatic rings. The zero-order valence-corrected chi connectivity index (χ0v) is 13.9. The van der Waals surface area contributed by atoms with Gasteiger partial charge < -0.3 is 11.1 Å². The summed E-state index contributed by atoms with van der Waals surface area (Å²) in [4.78, 5) is 12.6. The predicted octanol–water partition coefficient (Wildman–Crippen LogP) is 3.57. The lowest BCUT2D eigenvalue weighted by molar-refractivity contribution is 0.0940. The van der Waals surface area contributed by atoms with Crippen molar-refractivity contribution in [2.75, 3.05) is 0 Å². The van der Waals surface area contributed by atoms with E-state index in [1.54, 1.807) is 24.3 Å². The van der Waals surface area contributed by atoms with E-state index in [4.69, 9.17) is 18.0 Å². The van der Waals surface area contributed by atoms with Gasteiger partial charge in [0.15, 0.2) is 0 Å². The second kappa shape index (κ2) is 6.83. The van der Waals surface area contributed by atoms with Crippen molar-refractivity contribution in [3.63, 3.8) is 0 Å². The van der Waals surface area contributed by atoms with Crippen molar-refractivity contribution in [3.8, 4) is 0 Å². The van der Waals surface area contributed by atoms with Gasteiger partial charge in [-0.15, -0.1) is 0 Å². The number of nitrogens with two attached hydrogens (primary N) is 1. The highest BCUT2D eigenvalue weighted by molar-refractivity contribution is 9.10. The number of carbonyl (C=O) groups is 1. The number of thiocarbonyl (C=S) groups is 1. The van der Waals surface area contributed by atoms with E-state index in [0.29, 0.717) is 11.1 Å². The summed E-state index contributed by atoms with van der Waals surface area (Å²) in [6, 6.07) is 14.8. The Morgan fingerprint density at radius 1 is 1.19 bits per heavy atom. The van der Waals surface area contributed by atoms with Crippen molar-refractivity contribution < 1.29 is 4.79 Å². The molecular formula is C16H15BrN2OS. The molecule has 0 radical (unpaired) electrons. The molecule has 2 rings (SSSR count). The average Bonchev–Trinajstić information content (AvgIpc) is 2.47. The molecule has 0 saturated carbocycles. The molecule has 0 bridgehead atoms. The first-order valence-electron chi connectivity index (χ1n) is 6.43. The lowest BCUT2D eigenvalue weighted by Crippen LogP contribution is -2.27. The highest BCUT2D eigenvalue weighted by Gasteiger charge is 2.12. The Balaban J connectivity index is 2.14. The number of nitrogens with one attached hydrogen (secondary N) is 1. The van der Waals surface area contributed by atoms with Crippen molar-refractivity contribution in [1.82, 2.24) is 5.32 Å². The minimum absolute atomic E-state index is 0.0940. The SMILES string of the molecule is CC(NC(=O)c1cccc(C(N)=S)c1)c1cccc(Br)c1. The van der Waals surface area contributed by atoms with E-state index in [1.807, 2.05) is 31.2 Å². The van der Waals surface area contributed by atoms with Crippen LogP contribution in [0.1, 0.15) is 34.5 Å². The van der Waals surface area contributed by atoms with Gasteiger partial charge in [0.1, 0.15) is 4.99 Å². The smallest absolute Gasteiger partial charge is 0.251 e. The third kappa shape index (κ3) is 4.12. The van der Waals surface area contributed by atoms with Gasteiger partial charge in [0.2, 0.25) is 0 Å². The molecule has 0 aromatic heterocycles. The largest absolute Gasteiger partial charge is 0.389 e. The molecule has 0 aliphatic carbocycles. The number of halogens is 1. The van der Waals surface area contributed by atoms with Gasteiger partial charge in [-0.25, -0.2) is 0 Å². The molecule has 3 nitrogen and oxygen atoms in total. The molecule has 0 saturated heterocycles. The van der Waals surface area contributed by atoms with Gasteiger partial charge in [-0.1, -0.05) is 52.4 Å². The monoisotopic (exact) mass is 362 g/mol. The fraction of sp³-hybridized carbons (Fsp3) is 0.125. The number of hydrogen-bond acceptors (Lipinski definition) is 2. The zero-order valence-electron chi connectivity index (χ0n) is 11.5. The minimum Gasteiger partial charge on any atom is -0.389 e. The maximum Gasteiger partial charge on any atom is 0.251 e. The van der Waals surface area contributed by atoms with Gasteiger partial charge in [-0.2, -0.15) is 0 Å². The van der Waals surface area contributed by atoms with Gasteiger partial charge >= 0.3 is 0 Å². The molecule has 3 N–H and O–H groups in total. The van der Waals surface area contributed by atoms with Crippen LogP contribution in [0, 0.1) is 0 Å². The normalized spacial score (nSPS) is 11.7. The highest BCUT2D eigenvalue weighted by atomic mass is 79.9. The van der Waals surface area contributed by atoms with Gasteiger partial charge in [0, 0.05) is 15.6 Å². The summed E-state index contributed by atoms with van der Waals surface area (Å²) in [6.07, 6.45) is 0. The number of carbonyl (C=O) groups excluding carboxylic acids is 1. The second-order valence-electron chi connectivity index (χ2n) is 4.70. The Morgan fingerprint density at radius 2 is 1.86 bits per heavy atom. The summed E-state index contributed by atoms with van der Waals surface area (Å²) in [5.74, 6) is -0.152. The first kappa shape index (κ1) is 15.7. The van der Waals surface area contributed by atoms with E-state index in [2.05, 4.69) is 21.2 Å². The van der Waals surface area contributed by atoms with Gasteiger partial charge in [0.05, 0.1) is 6.04 Å². The van der Waals surface area contributed by atoms with Crippen LogP contribution in [-0.2, 0) is 0 Å². The Kier molecular flexibility index (Phi) is 5.09. The first-order chi connectivity index (χ1) is 9.97. The Hall–Kier alpha value is -1.72. The molecule has 0 spiro atoms. The molecule has 0 fully saturated rings. The summed E-state index contributed by atoms with van der Waals surface area (Å²) in [5, 5.41) is 2.96. The Morgan fingerprint density at radius 3 is 2.52 bits per heavy atom. The van der Waals surface area contributed by atoms with Crippen molar-refractivity contribution in [1.29, 1.82) is 0 Å². The van der Waals surface area contributed by atoms with Crippen molar-refractivity contribution >= 4 is 39.0 Å². The van der Waals surface area contributed by atoms with E-state index >= 15 is 0 Å². The highest BCUT2D eigenvalue weighted by Crippen LogP contribution is 2.18. The molecule has 2 aromatic carbocycles. The van der Waals surface area contributed by atoms with E-state index in [9.17, 15) is 4.79 Å². The van der Waals surface area contributed by atoms with Crippen LogP contribution in [0.25, 0.3) is 0 Å². The quantitative estimate of drug-likeness (QED) is 0.817. The molecule has 5 heteroatoms. The summed E-state index contributed by atoms with van der Waals surface area (Å²) in [5.41, 5.74) is 7.85. The molecule has 1 atom stereocenters. The van der Waals surface area contributed by atoms with Crippen LogP contribution in [-0.4, -0.2) is 10.9 Å². The average molecular weight is 363 g/mol. The molecule has 0 aliphatic heterocycles.